The molecule has 1 aromatic carbocycles. The van der Waals surface area contributed by atoms with Crippen molar-refractivity contribution in [2.24, 2.45) is 5.41 Å². The Balaban J connectivity index is 1.48. The van der Waals surface area contributed by atoms with Crippen LogP contribution in [-0.4, -0.2) is 43.8 Å². The molecule has 2 amide bonds. The van der Waals surface area contributed by atoms with Crippen molar-refractivity contribution in [2.75, 3.05) is 43.5 Å². The van der Waals surface area contributed by atoms with Crippen molar-refractivity contribution >= 4 is 17.4 Å². The van der Waals surface area contributed by atoms with Crippen LogP contribution in [0.25, 0.3) is 0 Å². The van der Waals surface area contributed by atoms with Gasteiger partial charge in [0.05, 0.1) is 0 Å². The van der Waals surface area contributed by atoms with E-state index in [9.17, 15) is 4.79 Å². The Morgan fingerprint density at radius 1 is 1.04 bits per heavy atom. The quantitative estimate of drug-likeness (QED) is 0.854. The average Bonchev–Trinajstić information content (AvgIpc) is 2.91. The molecule has 2 N–H and O–H groups in total. The molecule has 2 heterocycles. The number of nitrogens with zero attached hydrogens (tertiary/aromatic N) is 1. The van der Waals surface area contributed by atoms with Crippen LogP contribution in [0.5, 0.6) is 0 Å². The summed E-state index contributed by atoms with van der Waals surface area (Å²) in [5.41, 5.74) is 2.26. The van der Waals surface area contributed by atoms with Crippen LogP contribution in [0.15, 0.2) is 24.3 Å². The van der Waals surface area contributed by atoms with Crippen LogP contribution in [0.3, 0.4) is 0 Å². The summed E-state index contributed by atoms with van der Waals surface area (Å²) in [4.78, 5) is 14.3. The van der Waals surface area contributed by atoms with Crippen molar-refractivity contribution in [1.29, 1.82) is 0 Å². The largest absolute Gasteiger partial charge is 0.384 e. The second-order valence-electron chi connectivity index (χ2n) is 7.69. The molecule has 2 aliphatic heterocycles. The van der Waals surface area contributed by atoms with E-state index in [0.29, 0.717) is 5.41 Å². The smallest absolute Gasteiger partial charge is 0.321 e. The molecular weight excluding hydrogens is 314 g/mol. The molecule has 2 fully saturated rings. The minimum Gasteiger partial charge on any atom is -0.384 e. The molecule has 1 aromatic rings. The highest BCUT2D eigenvalue weighted by molar-refractivity contribution is 5.89. The van der Waals surface area contributed by atoms with Gasteiger partial charge < -0.3 is 20.3 Å². The molecule has 2 aliphatic rings. The molecule has 0 bridgehead atoms. The third-order valence-electron chi connectivity index (χ3n) is 5.45. The zero-order valence-corrected chi connectivity index (χ0v) is 15.4. The lowest BCUT2D eigenvalue weighted by Crippen LogP contribution is -2.35. The Kier molecular flexibility index (Phi) is 6.19. The summed E-state index contributed by atoms with van der Waals surface area (Å²) in [5.74, 6) is 0. The first-order valence-electron chi connectivity index (χ1n) is 9.62. The summed E-state index contributed by atoms with van der Waals surface area (Å²) in [5, 5.41) is 6.55. The molecular formula is C20H31N3O2. The van der Waals surface area contributed by atoms with Crippen LogP contribution in [0.2, 0.25) is 0 Å². The van der Waals surface area contributed by atoms with Crippen molar-refractivity contribution < 1.29 is 9.53 Å². The molecule has 25 heavy (non-hydrogen) atoms. The number of benzene rings is 1. The number of amides is 2. The predicted octanol–water partition coefficient (Wildman–Crippen LogP) is 4.32. The van der Waals surface area contributed by atoms with Crippen molar-refractivity contribution in [3.8, 4) is 0 Å². The number of rotatable bonds is 4. The third-order valence-corrected chi connectivity index (χ3v) is 5.45. The van der Waals surface area contributed by atoms with Gasteiger partial charge in [0.25, 0.3) is 0 Å². The van der Waals surface area contributed by atoms with Gasteiger partial charge in [-0.2, -0.15) is 0 Å². The van der Waals surface area contributed by atoms with Gasteiger partial charge in [-0.25, -0.2) is 4.79 Å². The van der Waals surface area contributed by atoms with Crippen LogP contribution >= 0.6 is 0 Å². The standard InChI is InChI=1S/C20H31N3O2/c1-20(10-14-25-15-11-20)16-21-17-6-8-18(9-7-17)22-19(24)23-12-4-2-3-5-13-23/h6-9,21H,2-5,10-16H2,1H3,(H,22,24). The van der Waals surface area contributed by atoms with Gasteiger partial charge in [0, 0.05) is 44.2 Å². The van der Waals surface area contributed by atoms with Crippen LogP contribution in [-0.2, 0) is 4.74 Å². The minimum atomic E-state index is 0.0253. The zero-order valence-electron chi connectivity index (χ0n) is 15.4. The number of nitrogens with one attached hydrogen (secondary N) is 2. The predicted molar refractivity (Wildman–Crippen MR) is 102 cm³/mol. The van der Waals surface area contributed by atoms with E-state index in [1.54, 1.807) is 0 Å². The molecule has 0 atom stereocenters. The molecule has 5 nitrogen and oxygen atoms in total. The van der Waals surface area contributed by atoms with Gasteiger partial charge in [-0.1, -0.05) is 19.8 Å². The summed E-state index contributed by atoms with van der Waals surface area (Å²) < 4.78 is 5.46. The number of carbonyl (C=O) groups excluding carboxylic acids is 1. The van der Waals surface area contributed by atoms with Gasteiger partial charge >= 0.3 is 6.03 Å². The summed E-state index contributed by atoms with van der Waals surface area (Å²) in [7, 11) is 0. The van der Waals surface area contributed by atoms with Gasteiger partial charge in [-0.05, 0) is 55.4 Å². The second-order valence-corrected chi connectivity index (χ2v) is 7.69. The number of likely N-dealkylation sites (tertiary alicyclic amines) is 1. The fraction of sp³-hybridized carbons (Fsp3) is 0.650. The van der Waals surface area contributed by atoms with E-state index in [-0.39, 0.29) is 6.03 Å². The first-order valence-corrected chi connectivity index (χ1v) is 9.62. The first kappa shape index (κ1) is 18.1. The summed E-state index contributed by atoms with van der Waals surface area (Å²) in [6, 6.07) is 8.06. The lowest BCUT2D eigenvalue weighted by atomic mass is 9.82. The Labute approximate surface area is 151 Å². The van der Waals surface area contributed by atoms with Gasteiger partial charge in [0.2, 0.25) is 0 Å². The second kappa shape index (κ2) is 8.56. The van der Waals surface area contributed by atoms with E-state index in [1.165, 1.54) is 12.8 Å². The average molecular weight is 345 g/mol. The topological polar surface area (TPSA) is 53.6 Å². The van der Waals surface area contributed by atoms with Crippen molar-refractivity contribution in [3.63, 3.8) is 0 Å². The lowest BCUT2D eigenvalue weighted by Gasteiger charge is -2.33. The monoisotopic (exact) mass is 345 g/mol. The van der Waals surface area contributed by atoms with Gasteiger partial charge in [-0.3, -0.25) is 0 Å². The highest BCUT2D eigenvalue weighted by Gasteiger charge is 2.26. The van der Waals surface area contributed by atoms with Gasteiger partial charge in [-0.15, -0.1) is 0 Å². The van der Waals surface area contributed by atoms with Crippen molar-refractivity contribution in [2.45, 2.75) is 45.4 Å². The van der Waals surface area contributed by atoms with E-state index in [2.05, 4.69) is 17.6 Å². The van der Waals surface area contributed by atoms with E-state index in [0.717, 1.165) is 69.9 Å². The molecule has 0 radical (unpaired) electrons. The normalized spacial score (nSPS) is 20.6. The summed E-state index contributed by atoms with van der Waals surface area (Å²) >= 11 is 0. The maximum Gasteiger partial charge on any atom is 0.321 e. The zero-order chi connectivity index (χ0) is 17.5. The molecule has 5 heteroatoms. The summed E-state index contributed by atoms with van der Waals surface area (Å²) in [6.45, 7) is 6.73. The van der Waals surface area contributed by atoms with E-state index < -0.39 is 0 Å². The number of urea groups is 1. The number of hydrogen-bond donors (Lipinski definition) is 2. The molecule has 0 unspecified atom stereocenters. The Bertz CT molecular complexity index is 545. The maximum atomic E-state index is 12.4. The van der Waals surface area contributed by atoms with E-state index >= 15 is 0 Å². The van der Waals surface area contributed by atoms with E-state index in [4.69, 9.17) is 4.74 Å². The van der Waals surface area contributed by atoms with Crippen molar-refractivity contribution in [3.05, 3.63) is 24.3 Å². The van der Waals surface area contributed by atoms with Crippen LogP contribution in [0.4, 0.5) is 16.2 Å². The molecule has 3 rings (SSSR count). The molecule has 138 valence electrons. The number of carbonyl (C=O) groups is 1. The molecule has 0 aliphatic carbocycles. The number of anilines is 2. The molecule has 0 spiro atoms. The Hall–Kier alpha value is -1.75. The Morgan fingerprint density at radius 3 is 2.28 bits per heavy atom. The number of hydrogen-bond acceptors (Lipinski definition) is 3. The Morgan fingerprint density at radius 2 is 1.64 bits per heavy atom. The fourth-order valence-electron chi connectivity index (χ4n) is 3.50. The molecule has 2 saturated heterocycles. The first-order chi connectivity index (χ1) is 12.1. The van der Waals surface area contributed by atoms with Crippen LogP contribution < -0.4 is 10.6 Å². The highest BCUT2D eigenvalue weighted by atomic mass is 16.5. The molecule has 0 aromatic heterocycles. The van der Waals surface area contributed by atoms with Crippen LogP contribution in [0.1, 0.15) is 45.4 Å². The number of ether oxygens (including phenoxy) is 1. The van der Waals surface area contributed by atoms with E-state index in [1.807, 2.05) is 29.2 Å². The summed E-state index contributed by atoms with van der Waals surface area (Å²) in [6.07, 6.45) is 6.89. The SMILES string of the molecule is CC1(CNc2ccc(NC(=O)N3CCCCCC3)cc2)CCOCC1. The van der Waals surface area contributed by atoms with Crippen molar-refractivity contribution in [1.82, 2.24) is 4.90 Å². The minimum absolute atomic E-state index is 0.0253. The molecule has 0 saturated carbocycles. The van der Waals surface area contributed by atoms with Gasteiger partial charge in [0.1, 0.15) is 0 Å². The van der Waals surface area contributed by atoms with Crippen LogP contribution in [0, 0.1) is 5.41 Å². The fourth-order valence-corrected chi connectivity index (χ4v) is 3.50. The third kappa shape index (κ3) is 5.36. The maximum absolute atomic E-state index is 12.4. The highest BCUT2D eigenvalue weighted by Crippen LogP contribution is 2.30. The van der Waals surface area contributed by atoms with Gasteiger partial charge in [0.15, 0.2) is 0 Å². The lowest BCUT2D eigenvalue weighted by molar-refractivity contribution is 0.0300.